The number of fused-ring (bicyclic) bond motifs is 1. The van der Waals surface area contributed by atoms with E-state index in [9.17, 15) is 4.79 Å². The van der Waals surface area contributed by atoms with Gasteiger partial charge in [0.25, 0.3) is 5.56 Å². The van der Waals surface area contributed by atoms with E-state index in [2.05, 4.69) is 36.0 Å². The number of benzene rings is 1. The molecule has 0 atom stereocenters. The molecule has 7 nitrogen and oxygen atoms in total. The predicted molar refractivity (Wildman–Crippen MR) is 129 cm³/mol. The lowest BCUT2D eigenvalue weighted by Gasteiger charge is -2.15. The maximum Gasteiger partial charge on any atom is 0.261 e. The second-order valence-electron chi connectivity index (χ2n) is 6.86. The quantitative estimate of drug-likeness (QED) is 0.424. The largest absolute Gasteiger partial charge is 0.493 e. The Labute approximate surface area is 186 Å². The number of aromatic nitrogens is 3. The van der Waals surface area contributed by atoms with Crippen molar-refractivity contribution in [2.75, 3.05) is 19.4 Å². The van der Waals surface area contributed by atoms with E-state index in [4.69, 9.17) is 15.5 Å². The van der Waals surface area contributed by atoms with Crippen LogP contribution in [-0.4, -0.2) is 40.2 Å². The SMILES string of the molecule is CCCOc1ccc(SCC)cc1-c1cn(C)c(=O)c2cnc(C(C=NC)=CN)nc12. The molecule has 1 aromatic carbocycles. The van der Waals surface area contributed by atoms with Crippen molar-refractivity contribution < 1.29 is 4.74 Å². The number of hydrogen-bond donors (Lipinski definition) is 1. The minimum atomic E-state index is -0.164. The number of hydrogen-bond acceptors (Lipinski definition) is 7. The van der Waals surface area contributed by atoms with Crippen LogP contribution in [0.4, 0.5) is 0 Å². The van der Waals surface area contributed by atoms with Gasteiger partial charge >= 0.3 is 0 Å². The molecule has 0 unspecified atom stereocenters. The maximum atomic E-state index is 12.8. The van der Waals surface area contributed by atoms with E-state index in [1.54, 1.807) is 49.0 Å². The van der Waals surface area contributed by atoms with Gasteiger partial charge in [0.05, 0.1) is 23.1 Å². The lowest BCUT2D eigenvalue weighted by Crippen LogP contribution is -2.18. The number of thioether (sulfide) groups is 1. The van der Waals surface area contributed by atoms with Crippen LogP contribution in [0, 0.1) is 0 Å². The van der Waals surface area contributed by atoms with E-state index >= 15 is 0 Å². The molecule has 0 radical (unpaired) electrons. The Hall–Kier alpha value is -3.13. The summed E-state index contributed by atoms with van der Waals surface area (Å²) in [4.78, 5) is 27.0. The van der Waals surface area contributed by atoms with Crippen LogP contribution in [0.1, 0.15) is 26.1 Å². The highest BCUT2D eigenvalue weighted by atomic mass is 32.2. The van der Waals surface area contributed by atoms with Gasteiger partial charge in [-0.05, 0) is 30.4 Å². The number of aryl methyl sites for hydroxylation is 1. The number of nitrogens with zero attached hydrogens (tertiary/aromatic N) is 4. The van der Waals surface area contributed by atoms with E-state index in [1.807, 2.05) is 6.07 Å². The van der Waals surface area contributed by atoms with E-state index in [0.717, 1.165) is 33.9 Å². The average Bonchev–Trinajstić information content (AvgIpc) is 2.79. The summed E-state index contributed by atoms with van der Waals surface area (Å²) in [6, 6.07) is 6.13. The molecular weight excluding hydrogens is 410 g/mol. The van der Waals surface area contributed by atoms with Crippen LogP contribution in [0.5, 0.6) is 5.75 Å². The second-order valence-corrected chi connectivity index (χ2v) is 8.20. The number of rotatable bonds is 8. The highest BCUT2D eigenvalue weighted by Gasteiger charge is 2.17. The molecule has 2 heterocycles. The zero-order valence-electron chi connectivity index (χ0n) is 18.3. The molecule has 0 spiro atoms. The summed E-state index contributed by atoms with van der Waals surface area (Å²) in [6.07, 6.45) is 7.25. The predicted octanol–water partition coefficient (Wildman–Crippen LogP) is 3.90. The zero-order chi connectivity index (χ0) is 22.4. The summed E-state index contributed by atoms with van der Waals surface area (Å²) in [7, 11) is 3.38. The Morgan fingerprint density at radius 1 is 1.32 bits per heavy atom. The normalized spacial score (nSPS) is 12.1. The van der Waals surface area contributed by atoms with Gasteiger partial charge in [0.1, 0.15) is 5.75 Å². The monoisotopic (exact) mass is 437 g/mol. The Morgan fingerprint density at radius 2 is 2.13 bits per heavy atom. The minimum absolute atomic E-state index is 0.164. The Balaban J connectivity index is 2.34. The molecule has 0 aliphatic rings. The van der Waals surface area contributed by atoms with Gasteiger partial charge in [-0.25, -0.2) is 9.97 Å². The van der Waals surface area contributed by atoms with Crippen molar-refractivity contribution in [2.45, 2.75) is 25.2 Å². The van der Waals surface area contributed by atoms with Crippen molar-refractivity contribution in [1.29, 1.82) is 0 Å². The first kappa shape index (κ1) is 22.6. The summed E-state index contributed by atoms with van der Waals surface area (Å²) in [6.45, 7) is 4.78. The van der Waals surface area contributed by atoms with Crippen molar-refractivity contribution in [3.05, 3.63) is 53.0 Å². The second kappa shape index (κ2) is 10.3. The van der Waals surface area contributed by atoms with E-state index in [-0.39, 0.29) is 5.56 Å². The van der Waals surface area contributed by atoms with Crippen molar-refractivity contribution in [3.63, 3.8) is 0 Å². The number of allylic oxidation sites excluding steroid dienone is 1. The van der Waals surface area contributed by atoms with Gasteiger partial charge in [-0.1, -0.05) is 13.8 Å². The van der Waals surface area contributed by atoms with Gasteiger partial charge in [-0.3, -0.25) is 9.79 Å². The molecule has 0 aliphatic heterocycles. The van der Waals surface area contributed by atoms with Crippen molar-refractivity contribution in [1.82, 2.24) is 14.5 Å². The van der Waals surface area contributed by atoms with Crippen LogP contribution < -0.4 is 16.0 Å². The molecule has 31 heavy (non-hydrogen) atoms. The van der Waals surface area contributed by atoms with Crippen LogP contribution >= 0.6 is 11.8 Å². The zero-order valence-corrected chi connectivity index (χ0v) is 19.1. The molecule has 2 N–H and O–H groups in total. The van der Waals surface area contributed by atoms with E-state index < -0.39 is 0 Å². The Kier molecular flexibility index (Phi) is 7.46. The average molecular weight is 438 g/mol. The highest BCUT2D eigenvalue weighted by molar-refractivity contribution is 7.99. The van der Waals surface area contributed by atoms with Crippen LogP contribution in [0.15, 0.2) is 51.5 Å². The molecule has 0 fully saturated rings. The molecule has 0 aliphatic carbocycles. The number of pyridine rings is 1. The third-order valence-corrected chi connectivity index (χ3v) is 5.51. The summed E-state index contributed by atoms with van der Waals surface area (Å²) < 4.78 is 7.59. The number of nitrogens with two attached hydrogens (primary N) is 1. The number of ether oxygens (including phenoxy) is 1. The van der Waals surface area contributed by atoms with Crippen molar-refractivity contribution in [3.8, 4) is 16.9 Å². The smallest absolute Gasteiger partial charge is 0.261 e. The molecule has 0 saturated heterocycles. The summed E-state index contributed by atoms with van der Waals surface area (Å²) in [5, 5.41) is 0.434. The summed E-state index contributed by atoms with van der Waals surface area (Å²) in [5.74, 6) is 2.12. The number of aliphatic imine (C=N–C) groups is 1. The summed E-state index contributed by atoms with van der Waals surface area (Å²) in [5.41, 5.74) is 8.40. The van der Waals surface area contributed by atoms with Gasteiger partial charge in [0, 0.05) is 54.9 Å². The fourth-order valence-electron chi connectivity index (χ4n) is 3.21. The molecule has 8 heteroatoms. The van der Waals surface area contributed by atoms with E-state index in [1.165, 1.54) is 6.20 Å². The third-order valence-electron chi connectivity index (χ3n) is 4.64. The van der Waals surface area contributed by atoms with Gasteiger partial charge in [-0.2, -0.15) is 0 Å². The van der Waals surface area contributed by atoms with Gasteiger partial charge < -0.3 is 15.0 Å². The minimum Gasteiger partial charge on any atom is -0.493 e. The van der Waals surface area contributed by atoms with E-state index in [0.29, 0.717) is 28.9 Å². The Bertz CT molecular complexity index is 1200. The molecule has 0 saturated carbocycles. The first-order valence-electron chi connectivity index (χ1n) is 10.1. The fourth-order valence-corrected chi connectivity index (χ4v) is 3.91. The molecular formula is C23H27N5O2S. The fraction of sp³-hybridized carbons (Fsp3) is 0.304. The first-order valence-corrected chi connectivity index (χ1v) is 11.1. The third kappa shape index (κ3) is 4.80. The van der Waals surface area contributed by atoms with Gasteiger partial charge in [0.2, 0.25) is 0 Å². The van der Waals surface area contributed by atoms with Crippen molar-refractivity contribution >= 4 is 34.5 Å². The van der Waals surface area contributed by atoms with Crippen molar-refractivity contribution in [2.24, 2.45) is 17.8 Å². The van der Waals surface area contributed by atoms with Gasteiger partial charge in [-0.15, -0.1) is 11.8 Å². The summed E-state index contributed by atoms with van der Waals surface area (Å²) >= 11 is 1.75. The highest BCUT2D eigenvalue weighted by Crippen LogP contribution is 2.36. The standard InChI is InChI=1S/C23H27N5O2S/c1-5-9-30-20-8-7-16(31-6-2)10-17(20)19-14-28(4)23(29)18-13-26-22(27-21(18)19)15(11-24)12-25-3/h7-8,10-14H,5-6,9,24H2,1-4H3. The molecule has 0 bridgehead atoms. The van der Waals surface area contributed by atoms with Gasteiger partial charge in [0.15, 0.2) is 5.82 Å². The molecule has 162 valence electrons. The topological polar surface area (TPSA) is 95.4 Å². The Morgan fingerprint density at radius 3 is 2.81 bits per heavy atom. The molecule has 3 aromatic rings. The first-order chi connectivity index (χ1) is 15.0. The molecule has 3 rings (SSSR count). The van der Waals surface area contributed by atoms with Crippen LogP contribution in [0.3, 0.4) is 0 Å². The lowest BCUT2D eigenvalue weighted by atomic mass is 10.0. The maximum absolute atomic E-state index is 12.8. The lowest BCUT2D eigenvalue weighted by molar-refractivity contribution is 0.318. The molecule has 0 amide bonds. The van der Waals surface area contributed by atoms with Crippen LogP contribution in [-0.2, 0) is 7.05 Å². The van der Waals surface area contributed by atoms with Crippen LogP contribution in [0.2, 0.25) is 0 Å². The molecule has 2 aromatic heterocycles. The van der Waals surface area contributed by atoms with Crippen LogP contribution in [0.25, 0.3) is 27.6 Å².